The SMILES string of the molecule is CCCNCCN(C)c1nc(C)cc(OCC)n1. The van der Waals surface area contributed by atoms with Crippen LogP contribution in [0.1, 0.15) is 26.0 Å². The Morgan fingerprint density at radius 2 is 2.06 bits per heavy atom. The topological polar surface area (TPSA) is 50.3 Å². The van der Waals surface area contributed by atoms with Gasteiger partial charge in [-0.3, -0.25) is 0 Å². The Kier molecular flexibility index (Phi) is 6.43. The molecule has 1 N–H and O–H groups in total. The van der Waals surface area contributed by atoms with Crippen LogP contribution in [-0.2, 0) is 0 Å². The van der Waals surface area contributed by atoms with Crippen LogP contribution in [0.5, 0.6) is 5.88 Å². The molecule has 0 atom stereocenters. The van der Waals surface area contributed by atoms with Crippen LogP contribution in [0, 0.1) is 6.92 Å². The van der Waals surface area contributed by atoms with Gasteiger partial charge < -0.3 is 15.0 Å². The summed E-state index contributed by atoms with van der Waals surface area (Å²) in [4.78, 5) is 10.8. The van der Waals surface area contributed by atoms with Gasteiger partial charge >= 0.3 is 0 Å². The van der Waals surface area contributed by atoms with Crippen molar-refractivity contribution in [3.05, 3.63) is 11.8 Å². The number of hydrogen-bond donors (Lipinski definition) is 1. The summed E-state index contributed by atoms with van der Waals surface area (Å²) in [5, 5.41) is 3.36. The zero-order valence-corrected chi connectivity index (χ0v) is 11.9. The van der Waals surface area contributed by atoms with E-state index in [0.717, 1.165) is 37.7 Å². The Bertz CT molecular complexity index is 357. The van der Waals surface area contributed by atoms with E-state index in [-0.39, 0.29) is 0 Å². The number of nitrogens with one attached hydrogen (secondary N) is 1. The quantitative estimate of drug-likeness (QED) is 0.712. The van der Waals surface area contributed by atoms with Gasteiger partial charge in [0.05, 0.1) is 6.61 Å². The van der Waals surface area contributed by atoms with Crippen LogP contribution in [0.4, 0.5) is 5.95 Å². The first-order chi connectivity index (χ1) is 8.67. The van der Waals surface area contributed by atoms with E-state index in [1.54, 1.807) is 0 Å². The molecule has 0 bridgehead atoms. The molecule has 1 rings (SSSR count). The summed E-state index contributed by atoms with van der Waals surface area (Å²) in [6.45, 7) is 9.56. The normalized spacial score (nSPS) is 10.4. The smallest absolute Gasteiger partial charge is 0.228 e. The third kappa shape index (κ3) is 4.87. The molecule has 5 nitrogen and oxygen atoms in total. The van der Waals surface area contributed by atoms with Crippen LogP contribution in [0.15, 0.2) is 6.07 Å². The second-order valence-corrected chi connectivity index (χ2v) is 4.25. The molecule has 18 heavy (non-hydrogen) atoms. The second-order valence-electron chi connectivity index (χ2n) is 4.25. The number of nitrogens with zero attached hydrogens (tertiary/aromatic N) is 3. The van der Waals surface area contributed by atoms with Crippen molar-refractivity contribution in [3.63, 3.8) is 0 Å². The van der Waals surface area contributed by atoms with Gasteiger partial charge in [0.2, 0.25) is 11.8 Å². The fourth-order valence-electron chi connectivity index (χ4n) is 1.57. The van der Waals surface area contributed by atoms with Crippen LogP contribution >= 0.6 is 0 Å². The zero-order valence-electron chi connectivity index (χ0n) is 11.9. The van der Waals surface area contributed by atoms with Gasteiger partial charge in [-0.25, -0.2) is 4.98 Å². The van der Waals surface area contributed by atoms with Gasteiger partial charge in [0.15, 0.2) is 0 Å². The molecule has 1 aromatic rings. The van der Waals surface area contributed by atoms with Crippen molar-refractivity contribution in [2.45, 2.75) is 27.2 Å². The Hall–Kier alpha value is -1.36. The summed E-state index contributed by atoms with van der Waals surface area (Å²) in [7, 11) is 2.00. The molecule has 0 aliphatic heterocycles. The maximum atomic E-state index is 5.43. The highest BCUT2D eigenvalue weighted by Crippen LogP contribution is 2.14. The molecule has 0 saturated carbocycles. The van der Waals surface area contributed by atoms with Crippen molar-refractivity contribution in [2.75, 3.05) is 38.2 Å². The highest BCUT2D eigenvalue weighted by atomic mass is 16.5. The third-order valence-corrected chi connectivity index (χ3v) is 2.50. The van der Waals surface area contributed by atoms with E-state index in [4.69, 9.17) is 4.74 Å². The lowest BCUT2D eigenvalue weighted by molar-refractivity contribution is 0.326. The van der Waals surface area contributed by atoms with E-state index >= 15 is 0 Å². The molecule has 0 radical (unpaired) electrons. The number of likely N-dealkylation sites (N-methyl/N-ethyl adjacent to an activating group) is 1. The monoisotopic (exact) mass is 252 g/mol. The second kappa shape index (κ2) is 7.87. The predicted octanol–water partition coefficient (Wildman–Crippen LogP) is 1.62. The summed E-state index contributed by atoms with van der Waals surface area (Å²) in [5.74, 6) is 1.37. The van der Waals surface area contributed by atoms with E-state index in [1.807, 2.05) is 31.9 Å². The molecule has 0 unspecified atom stereocenters. The third-order valence-electron chi connectivity index (χ3n) is 2.50. The zero-order chi connectivity index (χ0) is 13.4. The Morgan fingerprint density at radius 3 is 2.72 bits per heavy atom. The highest BCUT2D eigenvalue weighted by Gasteiger charge is 2.07. The fourth-order valence-corrected chi connectivity index (χ4v) is 1.57. The summed E-state index contributed by atoms with van der Waals surface area (Å²) in [6, 6.07) is 1.86. The molecule has 0 saturated heterocycles. The standard InChI is InChI=1S/C13H24N4O/c1-5-7-14-8-9-17(4)13-15-11(3)10-12(16-13)18-6-2/h10,14H,5-9H2,1-4H3. The summed E-state index contributed by atoms with van der Waals surface area (Å²) < 4.78 is 5.43. The Labute approximate surface area is 110 Å². The molecule has 0 spiro atoms. The number of aryl methyl sites for hydroxylation is 1. The minimum atomic E-state index is 0.623. The number of rotatable bonds is 8. The molecule has 0 amide bonds. The van der Waals surface area contributed by atoms with Crippen LogP contribution in [-0.4, -0.2) is 43.3 Å². The van der Waals surface area contributed by atoms with Crippen molar-refractivity contribution >= 4 is 5.95 Å². The molecule has 1 heterocycles. The van der Waals surface area contributed by atoms with Gasteiger partial charge in [-0.2, -0.15) is 4.98 Å². The first-order valence-corrected chi connectivity index (χ1v) is 6.57. The Morgan fingerprint density at radius 1 is 1.28 bits per heavy atom. The average molecular weight is 252 g/mol. The molecular formula is C13H24N4O. The maximum absolute atomic E-state index is 5.43. The fraction of sp³-hybridized carbons (Fsp3) is 0.692. The van der Waals surface area contributed by atoms with E-state index in [0.29, 0.717) is 12.5 Å². The van der Waals surface area contributed by atoms with E-state index in [2.05, 4.69) is 22.2 Å². The van der Waals surface area contributed by atoms with Crippen LogP contribution in [0.2, 0.25) is 0 Å². The molecule has 0 aromatic carbocycles. The van der Waals surface area contributed by atoms with Gasteiger partial charge in [0, 0.05) is 31.9 Å². The number of aromatic nitrogens is 2. The molecule has 5 heteroatoms. The van der Waals surface area contributed by atoms with Gasteiger partial charge in [0.25, 0.3) is 0 Å². The van der Waals surface area contributed by atoms with Crippen molar-refractivity contribution in [1.82, 2.24) is 15.3 Å². The van der Waals surface area contributed by atoms with E-state index in [9.17, 15) is 0 Å². The van der Waals surface area contributed by atoms with Crippen LogP contribution < -0.4 is 15.0 Å². The first kappa shape index (κ1) is 14.7. The lowest BCUT2D eigenvalue weighted by atomic mass is 10.4. The van der Waals surface area contributed by atoms with Crippen molar-refractivity contribution in [1.29, 1.82) is 0 Å². The number of anilines is 1. The molecule has 1 aromatic heterocycles. The predicted molar refractivity (Wildman–Crippen MR) is 74.4 cm³/mol. The largest absolute Gasteiger partial charge is 0.478 e. The lowest BCUT2D eigenvalue weighted by Gasteiger charge is -2.18. The molecule has 0 fully saturated rings. The van der Waals surface area contributed by atoms with Crippen molar-refractivity contribution in [3.8, 4) is 5.88 Å². The van der Waals surface area contributed by atoms with Gasteiger partial charge in [-0.15, -0.1) is 0 Å². The minimum Gasteiger partial charge on any atom is -0.478 e. The average Bonchev–Trinajstić information content (AvgIpc) is 2.34. The number of ether oxygens (including phenoxy) is 1. The Balaban J connectivity index is 2.58. The van der Waals surface area contributed by atoms with E-state index < -0.39 is 0 Å². The highest BCUT2D eigenvalue weighted by molar-refractivity contribution is 5.33. The summed E-state index contributed by atoms with van der Waals surface area (Å²) in [5.41, 5.74) is 0.928. The van der Waals surface area contributed by atoms with Crippen LogP contribution in [0.25, 0.3) is 0 Å². The molecule has 0 aliphatic rings. The maximum Gasteiger partial charge on any atom is 0.228 e. The lowest BCUT2D eigenvalue weighted by Crippen LogP contribution is -2.30. The van der Waals surface area contributed by atoms with Crippen molar-refractivity contribution < 1.29 is 4.74 Å². The molecule has 0 aliphatic carbocycles. The molecular weight excluding hydrogens is 228 g/mol. The first-order valence-electron chi connectivity index (χ1n) is 6.57. The van der Waals surface area contributed by atoms with Gasteiger partial charge in [0.1, 0.15) is 0 Å². The van der Waals surface area contributed by atoms with Crippen molar-refractivity contribution in [2.24, 2.45) is 0 Å². The van der Waals surface area contributed by atoms with Gasteiger partial charge in [-0.1, -0.05) is 6.92 Å². The number of hydrogen-bond acceptors (Lipinski definition) is 5. The summed E-state index contributed by atoms with van der Waals surface area (Å²) >= 11 is 0. The van der Waals surface area contributed by atoms with Gasteiger partial charge in [-0.05, 0) is 26.8 Å². The van der Waals surface area contributed by atoms with Crippen LogP contribution in [0.3, 0.4) is 0 Å². The van der Waals surface area contributed by atoms with E-state index in [1.165, 1.54) is 0 Å². The minimum absolute atomic E-state index is 0.623. The summed E-state index contributed by atoms with van der Waals surface area (Å²) in [6.07, 6.45) is 1.15. The molecule has 102 valence electrons.